The van der Waals surface area contributed by atoms with Crippen molar-refractivity contribution >= 4 is 6.34 Å². The van der Waals surface area contributed by atoms with Crippen LogP contribution in [0.5, 0.6) is 0 Å². The lowest BCUT2D eigenvalue weighted by Crippen LogP contribution is -2.11. The fourth-order valence-corrected chi connectivity index (χ4v) is 2.41. The van der Waals surface area contributed by atoms with Gasteiger partial charge in [0.05, 0.1) is 6.34 Å². The van der Waals surface area contributed by atoms with Gasteiger partial charge in [-0.1, -0.05) is 29.8 Å². The minimum atomic E-state index is -0.196. The molecular weight excluding hydrogens is 251 g/mol. The molecule has 0 aliphatic carbocycles. The van der Waals surface area contributed by atoms with Crippen molar-refractivity contribution in [3.8, 4) is 0 Å². The summed E-state index contributed by atoms with van der Waals surface area (Å²) in [5.41, 5.74) is 5.75. The summed E-state index contributed by atoms with van der Waals surface area (Å²) in [6.07, 6.45) is 1.93. The second kappa shape index (κ2) is 6.33. The van der Waals surface area contributed by atoms with Crippen LogP contribution in [0.3, 0.4) is 0 Å². The summed E-state index contributed by atoms with van der Waals surface area (Å²) in [5, 5.41) is 9.97. The molecule has 2 nitrogen and oxygen atoms in total. The Labute approximate surface area is 119 Å². The summed E-state index contributed by atoms with van der Waals surface area (Å²) < 4.78 is 13.3. The highest BCUT2D eigenvalue weighted by Gasteiger charge is 2.07. The van der Waals surface area contributed by atoms with Gasteiger partial charge < -0.3 is 5.32 Å². The minimum absolute atomic E-state index is 0.196. The molecule has 0 aliphatic rings. The zero-order chi connectivity index (χ0) is 14.5. The first-order valence-electron chi connectivity index (χ1n) is 6.66. The van der Waals surface area contributed by atoms with Crippen molar-refractivity contribution in [1.82, 2.24) is 5.32 Å². The highest BCUT2D eigenvalue weighted by Crippen LogP contribution is 2.20. The van der Waals surface area contributed by atoms with Crippen LogP contribution in [-0.4, -0.2) is 6.34 Å². The third kappa shape index (κ3) is 3.44. The third-order valence-electron chi connectivity index (χ3n) is 3.45. The Morgan fingerprint density at radius 2 is 1.90 bits per heavy atom. The van der Waals surface area contributed by atoms with Crippen molar-refractivity contribution in [3.05, 3.63) is 70.0 Å². The number of hydrogen-bond acceptors (Lipinski definition) is 1. The first-order chi connectivity index (χ1) is 9.60. The van der Waals surface area contributed by atoms with Crippen LogP contribution < -0.4 is 5.32 Å². The van der Waals surface area contributed by atoms with Crippen molar-refractivity contribution < 1.29 is 4.39 Å². The van der Waals surface area contributed by atoms with E-state index in [-0.39, 0.29) is 5.82 Å². The molecule has 0 aromatic heterocycles. The van der Waals surface area contributed by atoms with Gasteiger partial charge >= 0.3 is 0 Å². The molecular formula is C17H19FN2. The van der Waals surface area contributed by atoms with Gasteiger partial charge in [-0.05, 0) is 54.7 Å². The molecule has 3 heteroatoms. The quantitative estimate of drug-likeness (QED) is 0.630. The van der Waals surface area contributed by atoms with Crippen LogP contribution in [0.15, 0.2) is 36.4 Å². The number of benzene rings is 2. The Bertz CT molecular complexity index is 620. The third-order valence-corrected chi connectivity index (χ3v) is 3.45. The van der Waals surface area contributed by atoms with E-state index >= 15 is 0 Å². The standard InChI is InChI=1S/C17H19FN2/c1-12-6-15(8-14-4-3-5-17(18)9-14)13(2)16(7-12)10-20-11-19/h3-7,9,11H,8,10H2,1-2H3,(H2,19,20). The van der Waals surface area contributed by atoms with Crippen molar-refractivity contribution in [2.45, 2.75) is 26.8 Å². The van der Waals surface area contributed by atoms with E-state index in [0.29, 0.717) is 6.54 Å². The Morgan fingerprint density at radius 1 is 1.15 bits per heavy atom. The lowest BCUT2D eigenvalue weighted by atomic mass is 9.94. The summed E-state index contributed by atoms with van der Waals surface area (Å²) >= 11 is 0. The largest absolute Gasteiger partial charge is 0.373 e. The van der Waals surface area contributed by atoms with Crippen LogP contribution >= 0.6 is 0 Å². The van der Waals surface area contributed by atoms with Gasteiger partial charge in [0.2, 0.25) is 0 Å². The van der Waals surface area contributed by atoms with Gasteiger partial charge in [0.25, 0.3) is 0 Å². The molecule has 0 saturated carbocycles. The van der Waals surface area contributed by atoms with E-state index in [2.05, 4.69) is 31.3 Å². The highest BCUT2D eigenvalue weighted by atomic mass is 19.1. The number of halogens is 1. The van der Waals surface area contributed by atoms with E-state index in [1.54, 1.807) is 12.1 Å². The summed E-state index contributed by atoms with van der Waals surface area (Å²) in [4.78, 5) is 0. The molecule has 0 radical (unpaired) electrons. The highest BCUT2D eigenvalue weighted by molar-refractivity contribution is 5.50. The topological polar surface area (TPSA) is 35.9 Å². The molecule has 2 aromatic rings. The molecule has 2 N–H and O–H groups in total. The molecule has 0 atom stereocenters. The second-order valence-electron chi connectivity index (χ2n) is 5.04. The molecule has 0 unspecified atom stereocenters. The van der Waals surface area contributed by atoms with Crippen molar-refractivity contribution in [3.63, 3.8) is 0 Å². The van der Waals surface area contributed by atoms with E-state index in [9.17, 15) is 4.39 Å². The fourth-order valence-electron chi connectivity index (χ4n) is 2.41. The monoisotopic (exact) mass is 270 g/mol. The SMILES string of the molecule is Cc1cc(CNC=N)c(C)c(Cc2cccc(F)c2)c1. The molecule has 20 heavy (non-hydrogen) atoms. The van der Waals surface area contributed by atoms with Gasteiger partial charge in [0.15, 0.2) is 0 Å². The van der Waals surface area contributed by atoms with Crippen LogP contribution in [0.25, 0.3) is 0 Å². The molecule has 104 valence electrons. The predicted octanol–water partition coefficient (Wildman–Crippen LogP) is 3.73. The lowest BCUT2D eigenvalue weighted by Gasteiger charge is -2.13. The average Bonchev–Trinajstić information content (AvgIpc) is 2.41. The summed E-state index contributed by atoms with van der Waals surface area (Å²) in [7, 11) is 0. The Morgan fingerprint density at radius 3 is 2.60 bits per heavy atom. The van der Waals surface area contributed by atoms with Gasteiger partial charge in [0, 0.05) is 6.54 Å². The maximum Gasteiger partial charge on any atom is 0.123 e. The van der Waals surface area contributed by atoms with Crippen LogP contribution in [-0.2, 0) is 13.0 Å². The van der Waals surface area contributed by atoms with Gasteiger partial charge in [-0.2, -0.15) is 0 Å². The first-order valence-corrected chi connectivity index (χ1v) is 6.66. The predicted molar refractivity (Wildman–Crippen MR) is 80.7 cm³/mol. The van der Waals surface area contributed by atoms with Crippen molar-refractivity contribution in [1.29, 1.82) is 5.41 Å². The van der Waals surface area contributed by atoms with E-state index < -0.39 is 0 Å². The second-order valence-corrected chi connectivity index (χ2v) is 5.04. The summed E-state index contributed by atoms with van der Waals surface area (Å²) in [6, 6.07) is 11.0. The normalized spacial score (nSPS) is 10.3. The Balaban J connectivity index is 2.31. The Hall–Kier alpha value is -2.16. The molecule has 0 amide bonds. The molecule has 0 fully saturated rings. The molecule has 0 heterocycles. The van der Waals surface area contributed by atoms with Crippen LogP contribution in [0.1, 0.15) is 27.8 Å². The van der Waals surface area contributed by atoms with E-state index in [0.717, 1.165) is 12.0 Å². The van der Waals surface area contributed by atoms with Gasteiger partial charge in [-0.25, -0.2) is 4.39 Å². The summed E-state index contributed by atoms with van der Waals surface area (Å²) in [5.74, 6) is -0.196. The molecule has 0 aliphatic heterocycles. The lowest BCUT2D eigenvalue weighted by molar-refractivity contribution is 0.626. The molecule has 0 saturated heterocycles. The van der Waals surface area contributed by atoms with E-state index in [1.807, 2.05) is 6.07 Å². The molecule has 2 rings (SSSR count). The number of hydrogen-bond donors (Lipinski definition) is 2. The fraction of sp³-hybridized carbons (Fsp3) is 0.235. The van der Waals surface area contributed by atoms with Crippen LogP contribution in [0.4, 0.5) is 4.39 Å². The number of nitrogens with one attached hydrogen (secondary N) is 2. The maximum atomic E-state index is 13.3. The molecule has 0 spiro atoms. The zero-order valence-electron chi connectivity index (χ0n) is 11.8. The van der Waals surface area contributed by atoms with Crippen molar-refractivity contribution in [2.75, 3.05) is 0 Å². The van der Waals surface area contributed by atoms with Gasteiger partial charge in [-0.15, -0.1) is 0 Å². The molecule has 2 aromatic carbocycles. The summed E-state index contributed by atoms with van der Waals surface area (Å²) in [6.45, 7) is 4.78. The smallest absolute Gasteiger partial charge is 0.123 e. The van der Waals surface area contributed by atoms with Gasteiger partial charge in [-0.3, -0.25) is 5.41 Å². The maximum absolute atomic E-state index is 13.3. The van der Waals surface area contributed by atoms with Gasteiger partial charge in [0.1, 0.15) is 5.82 Å². The van der Waals surface area contributed by atoms with Crippen molar-refractivity contribution in [2.24, 2.45) is 0 Å². The Kier molecular flexibility index (Phi) is 4.51. The average molecular weight is 270 g/mol. The minimum Gasteiger partial charge on any atom is -0.373 e. The van der Waals surface area contributed by atoms with Crippen LogP contribution in [0.2, 0.25) is 0 Å². The zero-order valence-corrected chi connectivity index (χ0v) is 11.8. The van der Waals surface area contributed by atoms with Crippen LogP contribution in [0, 0.1) is 25.1 Å². The number of aryl methyl sites for hydroxylation is 1. The van der Waals surface area contributed by atoms with E-state index in [1.165, 1.54) is 34.7 Å². The first kappa shape index (κ1) is 14.3. The van der Waals surface area contributed by atoms with E-state index in [4.69, 9.17) is 5.41 Å². The number of rotatable bonds is 5. The molecule has 0 bridgehead atoms.